The zero-order chi connectivity index (χ0) is 14.0. The van der Waals surface area contributed by atoms with Crippen LogP contribution in [-0.4, -0.2) is 18.5 Å². The van der Waals surface area contributed by atoms with Crippen molar-refractivity contribution in [1.29, 1.82) is 0 Å². The van der Waals surface area contributed by atoms with Crippen molar-refractivity contribution >= 4 is 5.91 Å². The zero-order valence-corrected chi connectivity index (χ0v) is 11.7. The number of carbonyl (C=O) groups excluding carboxylic acids is 1. The summed E-state index contributed by atoms with van der Waals surface area (Å²) in [6.07, 6.45) is 1.03. The van der Waals surface area contributed by atoms with E-state index >= 15 is 0 Å². The molecule has 2 rings (SSSR count). The van der Waals surface area contributed by atoms with Crippen LogP contribution in [0.15, 0.2) is 12.1 Å². The summed E-state index contributed by atoms with van der Waals surface area (Å²) in [5.74, 6) is 0.238. The molecule has 2 N–H and O–H groups in total. The topological polar surface area (TPSA) is 41.1 Å². The Morgan fingerprint density at radius 1 is 1.42 bits per heavy atom. The first-order valence-electron chi connectivity index (χ1n) is 6.75. The molecule has 104 valence electrons. The van der Waals surface area contributed by atoms with Crippen molar-refractivity contribution in [3.8, 4) is 0 Å². The lowest BCUT2D eigenvalue weighted by molar-refractivity contribution is -0.123. The van der Waals surface area contributed by atoms with Gasteiger partial charge in [0.05, 0.1) is 6.04 Å². The average molecular weight is 264 g/mol. The Labute approximate surface area is 113 Å². The van der Waals surface area contributed by atoms with Gasteiger partial charge in [-0.2, -0.15) is 0 Å². The molecule has 0 spiro atoms. The lowest BCUT2D eigenvalue weighted by atomic mass is 10.0. The predicted octanol–water partition coefficient (Wildman–Crippen LogP) is 2.06. The first-order valence-corrected chi connectivity index (χ1v) is 6.75. The van der Waals surface area contributed by atoms with E-state index in [0.29, 0.717) is 23.6 Å². The van der Waals surface area contributed by atoms with Crippen LogP contribution in [-0.2, 0) is 11.3 Å². The minimum Gasteiger partial charge on any atom is -0.351 e. The van der Waals surface area contributed by atoms with Crippen LogP contribution in [0.3, 0.4) is 0 Å². The van der Waals surface area contributed by atoms with Gasteiger partial charge >= 0.3 is 0 Å². The third-order valence-electron chi connectivity index (χ3n) is 3.78. The van der Waals surface area contributed by atoms with E-state index in [1.165, 1.54) is 0 Å². The Hall–Kier alpha value is -1.42. The summed E-state index contributed by atoms with van der Waals surface area (Å²) in [6, 6.07) is 3.48. The third kappa shape index (κ3) is 3.13. The number of rotatable bonds is 3. The molecule has 1 aliphatic rings. The van der Waals surface area contributed by atoms with E-state index < -0.39 is 0 Å². The number of nitrogens with one attached hydrogen (secondary N) is 2. The monoisotopic (exact) mass is 264 g/mol. The molecule has 2 unspecified atom stereocenters. The molecule has 0 saturated carbocycles. The van der Waals surface area contributed by atoms with Gasteiger partial charge in [-0.25, -0.2) is 4.39 Å². The second-order valence-corrected chi connectivity index (χ2v) is 5.46. The molecule has 19 heavy (non-hydrogen) atoms. The summed E-state index contributed by atoms with van der Waals surface area (Å²) < 4.78 is 13.5. The molecule has 3 nitrogen and oxygen atoms in total. The second kappa shape index (κ2) is 5.70. The first kappa shape index (κ1) is 14.0. The van der Waals surface area contributed by atoms with Gasteiger partial charge in [-0.05, 0) is 49.4 Å². The van der Waals surface area contributed by atoms with Crippen LogP contribution in [0.2, 0.25) is 0 Å². The maximum atomic E-state index is 13.5. The second-order valence-electron chi connectivity index (χ2n) is 5.46. The molecule has 1 aromatic carbocycles. The minimum atomic E-state index is -0.166. The largest absolute Gasteiger partial charge is 0.351 e. The van der Waals surface area contributed by atoms with Crippen LogP contribution in [0, 0.1) is 25.6 Å². The highest BCUT2D eigenvalue weighted by Gasteiger charge is 2.28. The molecule has 1 fully saturated rings. The Kier molecular flexibility index (Phi) is 4.20. The van der Waals surface area contributed by atoms with E-state index in [1.54, 1.807) is 26.0 Å². The van der Waals surface area contributed by atoms with Gasteiger partial charge in [0.15, 0.2) is 0 Å². The van der Waals surface area contributed by atoms with Gasteiger partial charge in [0.25, 0.3) is 0 Å². The van der Waals surface area contributed by atoms with Crippen LogP contribution in [0.5, 0.6) is 0 Å². The lowest BCUT2D eigenvalue weighted by Gasteiger charge is -2.16. The fraction of sp³-hybridized carbons (Fsp3) is 0.533. The van der Waals surface area contributed by atoms with Crippen LogP contribution >= 0.6 is 0 Å². The van der Waals surface area contributed by atoms with Gasteiger partial charge in [0, 0.05) is 6.54 Å². The zero-order valence-electron chi connectivity index (χ0n) is 11.7. The van der Waals surface area contributed by atoms with E-state index in [-0.39, 0.29) is 17.8 Å². The standard InChI is InChI=1S/C15H21FN2O/c1-9-4-5-17-14(9)15(19)18-8-12-6-10(2)13(16)11(3)7-12/h6-7,9,14,17H,4-5,8H2,1-3H3,(H,18,19). The molecule has 1 aliphatic heterocycles. The highest BCUT2D eigenvalue weighted by Crippen LogP contribution is 2.16. The molecular formula is C15H21FN2O. The first-order chi connectivity index (χ1) is 8.99. The van der Waals surface area contributed by atoms with E-state index in [2.05, 4.69) is 17.6 Å². The highest BCUT2D eigenvalue weighted by molar-refractivity contribution is 5.82. The van der Waals surface area contributed by atoms with Gasteiger partial charge in [-0.3, -0.25) is 4.79 Å². The van der Waals surface area contributed by atoms with Crippen molar-refractivity contribution in [2.75, 3.05) is 6.54 Å². The van der Waals surface area contributed by atoms with Crippen molar-refractivity contribution < 1.29 is 9.18 Å². The number of hydrogen-bond donors (Lipinski definition) is 2. The molecule has 0 aromatic heterocycles. The fourth-order valence-electron chi connectivity index (χ4n) is 2.62. The molecule has 0 radical (unpaired) electrons. The summed E-state index contributed by atoms with van der Waals surface area (Å²) >= 11 is 0. The van der Waals surface area contributed by atoms with Crippen molar-refractivity contribution in [2.24, 2.45) is 5.92 Å². The minimum absolute atomic E-state index is 0.0321. The molecule has 2 atom stereocenters. The van der Waals surface area contributed by atoms with Gasteiger partial charge in [0.2, 0.25) is 5.91 Å². The molecule has 1 amide bonds. The van der Waals surface area contributed by atoms with Gasteiger partial charge in [0.1, 0.15) is 5.82 Å². The molecule has 0 bridgehead atoms. The number of halogens is 1. The van der Waals surface area contributed by atoms with E-state index in [4.69, 9.17) is 0 Å². The van der Waals surface area contributed by atoms with Crippen LogP contribution < -0.4 is 10.6 Å². The predicted molar refractivity (Wildman–Crippen MR) is 73.3 cm³/mol. The Morgan fingerprint density at radius 2 is 2.05 bits per heavy atom. The van der Waals surface area contributed by atoms with Crippen molar-refractivity contribution in [3.63, 3.8) is 0 Å². The summed E-state index contributed by atoms with van der Waals surface area (Å²) in [7, 11) is 0. The molecule has 1 saturated heterocycles. The van der Waals surface area contributed by atoms with Crippen molar-refractivity contribution in [3.05, 3.63) is 34.6 Å². The Balaban J connectivity index is 1.97. The Morgan fingerprint density at radius 3 is 2.58 bits per heavy atom. The van der Waals surface area contributed by atoms with Crippen molar-refractivity contribution in [2.45, 2.75) is 39.8 Å². The molecule has 4 heteroatoms. The summed E-state index contributed by atoms with van der Waals surface area (Å²) in [5, 5.41) is 6.12. The van der Waals surface area contributed by atoms with Crippen molar-refractivity contribution in [1.82, 2.24) is 10.6 Å². The molecular weight excluding hydrogens is 243 g/mol. The average Bonchev–Trinajstić information content (AvgIpc) is 2.79. The highest BCUT2D eigenvalue weighted by atomic mass is 19.1. The molecule has 1 aromatic rings. The van der Waals surface area contributed by atoms with Gasteiger partial charge in [-0.15, -0.1) is 0 Å². The number of carbonyl (C=O) groups is 1. The SMILES string of the molecule is Cc1cc(CNC(=O)C2NCCC2C)cc(C)c1F. The number of hydrogen-bond acceptors (Lipinski definition) is 2. The molecule has 1 heterocycles. The Bertz CT molecular complexity index is 464. The lowest BCUT2D eigenvalue weighted by Crippen LogP contribution is -2.42. The van der Waals surface area contributed by atoms with E-state index in [0.717, 1.165) is 18.5 Å². The summed E-state index contributed by atoms with van der Waals surface area (Å²) in [4.78, 5) is 12.0. The maximum absolute atomic E-state index is 13.5. The summed E-state index contributed by atoms with van der Waals surface area (Å²) in [6.45, 7) is 6.92. The maximum Gasteiger partial charge on any atom is 0.237 e. The van der Waals surface area contributed by atoms with E-state index in [9.17, 15) is 9.18 Å². The number of benzene rings is 1. The fourth-order valence-corrected chi connectivity index (χ4v) is 2.62. The smallest absolute Gasteiger partial charge is 0.237 e. The van der Waals surface area contributed by atoms with Gasteiger partial charge in [-0.1, -0.05) is 19.1 Å². The van der Waals surface area contributed by atoms with Crippen LogP contribution in [0.4, 0.5) is 4.39 Å². The molecule has 0 aliphatic carbocycles. The third-order valence-corrected chi connectivity index (χ3v) is 3.78. The summed E-state index contributed by atoms with van der Waals surface area (Å²) in [5.41, 5.74) is 2.18. The van der Waals surface area contributed by atoms with Crippen LogP contribution in [0.25, 0.3) is 0 Å². The van der Waals surface area contributed by atoms with E-state index in [1.807, 2.05) is 0 Å². The number of aryl methyl sites for hydroxylation is 2. The quantitative estimate of drug-likeness (QED) is 0.877. The normalized spacial score (nSPS) is 22.5. The van der Waals surface area contributed by atoms with Gasteiger partial charge < -0.3 is 10.6 Å². The number of amides is 1. The van der Waals surface area contributed by atoms with Crippen LogP contribution in [0.1, 0.15) is 30.0 Å².